The fraction of sp³-hybridized carbons (Fsp3) is 0.300. The third-order valence-corrected chi connectivity index (χ3v) is 5.19. The summed E-state index contributed by atoms with van der Waals surface area (Å²) < 4.78 is 8.22. The van der Waals surface area contributed by atoms with Gasteiger partial charge in [0.15, 0.2) is 0 Å². The van der Waals surface area contributed by atoms with Gasteiger partial charge in [-0.2, -0.15) is 0 Å². The summed E-state index contributed by atoms with van der Waals surface area (Å²) in [6.45, 7) is 3.54. The summed E-state index contributed by atoms with van der Waals surface area (Å²) in [7, 11) is 0. The topological polar surface area (TPSA) is 26.2 Å². The second-order valence-electron chi connectivity index (χ2n) is 6.32. The van der Waals surface area contributed by atoms with Crippen molar-refractivity contribution in [1.82, 2.24) is 9.88 Å². The van der Waals surface area contributed by atoms with Crippen LogP contribution in [0.4, 0.5) is 0 Å². The molecule has 2 aromatic carbocycles. The molecule has 0 saturated carbocycles. The number of ether oxygens (including phenoxy) is 1. The van der Waals surface area contributed by atoms with Crippen LogP contribution in [0.2, 0.25) is 10.0 Å². The molecule has 0 radical (unpaired) electrons. The van der Waals surface area contributed by atoms with Crippen molar-refractivity contribution < 1.29 is 4.74 Å². The summed E-state index contributed by atoms with van der Waals surface area (Å²) in [5.74, 6) is 0.855. The molecule has 0 spiro atoms. The molecule has 0 fully saturated rings. The fourth-order valence-electron chi connectivity index (χ4n) is 3.55. The Morgan fingerprint density at radius 1 is 1.04 bits per heavy atom. The Bertz CT molecular complexity index is 887. The number of nitrogens with one attached hydrogen (secondary N) is 1. The van der Waals surface area contributed by atoms with Crippen LogP contribution in [0, 0.1) is 0 Å². The van der Waals surface area contributed by atoms with Gasteiger partial charge in [0.1, 0.15) is 5.75 Å². The van der Waals surface area contributed by atoms with Crippen molar-refractivity contribution in [3.05, 3.63) is 63.8 Å². The molecule has 3 aromatic rings. The van der Waals surface area contributed by atoms with Crippen LogP contribution in [0.1, 0.15) is 17.7 Å². The molecule has 0 unspecified atom stereocenters. The summed E-state index contributed by atoms with van der Waals surface area (Å²) in [4.78, 5) is 0. The minimum Gasteiger partial charge on any atom is -0.494 e. The molecule has 0 saturated heterocycles. The van der Waals surface area contributed by atoms with Crippen molar-refractivity contribution in [1.29, 1.82) is 0 Å². The normalized spacial score (nSPS) is 13.8. The third-order valence-electron chi connectivity index (χ3n) is 4.70. The van der Waals surface area contributed by atoms with Crippen LogP contribution in [0.5, 0.6) is 5.75 Å². The van der Waals surface area contributed by atoms with Crippen molar-refractivity contribution >= 4 is 34.1 Å². The number of rotatable bonds is 5. The molecule has 0 aliphatic carbocycles. The lowest BCUT2D eigenvalue weighted by atomic mass is 10.0. The number of nitrogens with zero attached hydrogens (tertiary/aromatic N) is 1. The van der Waals surface area contributed by atoms with Gasteiger partial charge in [-0.15, -0.1) is 0 Å². The Labute approximate surface area is 157 Å². The highest BCUT2D eigenvalue weighted by Crippen LogP contribution is 2.31. The van der Waals surface area contributed by atoms with Crippen molar-refractivity contribution in [2.24, 2.45) is 0 Å². The fourth-order valence-corrected chi connectivity index (χ4v) is 3.84. The van der Waals surface area contributed by atoms with Gasteiger partial charge in [-0.25, -0.2) is 0 Å². The molecule has 1 aromatic heterocycles. The summed E-state index contributed by atoms with van der Waals surface area (Å²) in [5.41, 5.74) is 4.08. The molecular weight excluding hydrogens is 355 g/mol. The first kappa shape index (κ1) is 16.8. The second-order valence-corrected chi connectivity index (χ2v) is 7.19. The Kier molecular flexibility index (Phi) is 4.89. The first-order valence-electron chi connectivity index (χ1n) is 8.61. The Morgan fingerprint density at radius 2 is 1.84 bits per heavy atom. The van der Waals surface area contributed by atoms with E-state index in [4.69, 9.17) is 27.9 Å². The minimum atomic E-state index is 0.671. The number of benzene rings is 2. The monoisotopic (exact) mass is 374 g/mol. The summed E-state index contributed by atoms with van der Waals surface area (Å²) in [6, 6.07) is 13.7. The maximum Gasteiger partial charge on any atom is 0.119 e. The van der Waals surface area contributed by atoms with Crippen molar-refractivity contribution in [2.45, 2.75) is 25.9 Å². The van der Waals surface area contributed by atoms with E-state index in [9.17, 15) is 0 Å². The zero-order chi connectivity index (χ0) is 17.2. The van der Waals surface area contributed by atoms with E-state index < -0.39 is 0 Å². The molecular formula is C20H20Cl2N2O. The van der Waals surface area contributed by atoms with Crippen LogP contribution in [0.3, 0.4) is 0 Å². The summed E-state index contributed by atoms with van der Waals surface area (Å²) in [6.07, 6.45) is 2.01. The van der Waals surface area contributed by atoms with Crippen LogP contribution in [-0.2, 0) is 19.5 Å². The summed E-state index contributed by atoms with van der Waals surface area (Å²) >= 11 is 12.1. The molecule has 4 rings (SSSR count). The van der Waals surface area contributed by atoms with Crippen LogP contribution in [-0.4, -0.2) is 17.7 Å². The van der Waals surface area contributed by atoms with Crippen molar-refractivity contribution in [3.63, 3.8) is 0 Å². The molecule has 5 heteroatoms. The van der Waals surface area contributed by atoms with Gasteiger partial charge in [0.05, 0.1) is 12.1 Å². The van der Waals surface area contributed by atoms with Gasteiger partial charge in [-0.05, 0) is 61.3 Å². The molecule has 0 amide bonds. The number of halogens is 2. The van der Waals surface area contributed by atoms with E-state index in [1.54, 1.807) is 0 Å². The van der Waals surface area contributed by atoms with E-state index in [2.05, 4.69) is 22.0 Å². The highest BCUT2D eigenvalue weighted by molar-refractivity contribution is 6.31. The predicted octanol–water partition coefficient (Wildman–Crippen LogP) is 5.06. The van der Waals surface area contributed by atoms with Crippen LogP contribution < -0.4 is 10.1 Å². The van der Waals surface area contributed by atoms with Crippen LogP contribution in [0.25, 0.3) is 10.9 Å². The number of aryl methyl sites for hydroxylation is 1. The molecule has 0 atom stereocenters. The quantitative estimate of drug-likeness (QED) is 0.631. The van der Waals surface area contributed by atoms with Gasteiger partial charge in [0.2, 0.25) is 0 Å². The molecule has 0 bridgehead atoms. The standard InChI is InChI=1S/C20H20Cl2N2O/c21-14-2-5-16(6-3-14)25-11-1-10-24-19-12-15(22)4-7-17(19)18-8-9-23-13-20(18)24/h2-7,12,23H,1,8-11,13H2. The molecule has 1 aliphatic rings. The maximum absolute atomic E-state index is 6.24. The van der Waals surface area contributed by atoms with E-state index in [0.717, 1.165) is 48.3 Å². The van der Waals surface area contributed by atoms with Gasteiger partial charge in [-0.3, -0.25) is 0 Å². The number of aromatic nitrogens is 1. The van der Waals surface area contributed by atoms with Crippen LogP contribution >= 0.6 is 23.2 Å². The summed E-state index contributed by atoms with van der Waals surface area (Å²) in [5, 5.41) is 6.32. The number of hydrogen-bond donors (Lipinski definition) is 1. The minimum absolute atomic E-state index is 0.671. The van der Waals surface area contributed by atoms with Crippen molar-refractivity contribution in [2.75, 3.05) is 13.2 Å². The van der Waals surface area contributed by atoms with E-state index in [1.165, 1.54) is 22.2 Å². The van der Waals surface area contributed by atoms with E-state index in [-0.39, 0.29) is 0 Å². The molecule has 1 aliphatic heterocycles. The Balaban J connectivity index is 1.50. The first-order chi connectivity index (χ1) is 12.2. The Hall–Kier alpha value is -1.68. The third kappa shape index (κ3) is 3.50. The maximum atomic E-state index is 6.24. The highest BCUT2D eigenvalue weighted by Gasteiger charge is 2.19. The molecule has 25 heavy (non-hydrogen) atoms. The lowest BCUT2D eigenvalue weighted by molar-refractivity contribution is 0.301. The van der Waals surface area contributed by atoms with Gasteiger partial charge >= 0.3 is 0 Å². The lowest BCUT2D eigenvalue weighted by Gasteiger charge is -2.17. The molecule has 1 N–H and O–H groups in total. The number of fused-ring (bicyclic) bond motifs is 3. The molecule has 3 nitrogen and oxygen atoms in total. The first-order valence-corrected chi connectivity index (χ1v) is 9.36. The Morgan fingerprint density at radius 3 is 2.68 bits per heavy atom. The average Bonchev–Trinajstić information content (AvgIpc) is 2.93. The molecule has 2 heterocycles. The van der Waals surface area contributed by atoms with E-state index in [0.29, 0.717) is 6.61 Å². The lowest BCUT2D eigenvalue weighted by Crippen LogP contribution is -2.25. The van der Waals surface area contributed by atoms with Gasteiger partial charge < -0.3 is 14.6 Å². The second kappa shape index (κ2) is 7.28. The van der Waals surface area contributed by atoms with E-state index in [1.807, 2.05) is 30.3 Å². The van der Waals surface area contributed by atoms with Crippen molar-refractivity contribution in [3.8, 4) is 5.75 Å². The SMILES string of the molecule is Clc1ccc(OCCCn2c3c(c4ccc(Cl)cc42)CCNC3)cc1. The zero-order valence-electron chi connectivity index (χ0n) is 13.9. The van der Waals surface area contributed by atoms with Gasteiger partial charge in [0, 0.05) is 34.2 Å². The zero-order valence-corrected chi connectivity index (χ0v) is 15.4. The largest absolute Gasteiger partial charge is 0.494 e. The van der Waals surface area contributed by atoms with Crippen LogP contribution in [0.15, 0.2) is 42.5 Å². The average molecular weight is 375 g/mol. The predicted molar refractivity (Wildman–Crippen MR) is 104 cm³/mol. The van der Waals surface area contributed by atoms with Gasteiger partial charge in [0.25, 0.3) is 0 Å². The highest BCUT2D eigenvalue weighted by atomic mass is 35.5. The van der Waals surface area contributed by atoms with E-state index >= 15 is 0 Å². The number of hydrogen-bond acceptors (Lipinski definition) is 2. The molecule has 130 valence electrons. The smallest absolute Gasteiger partial charge is 0.119 e. The van der Waals surface area contributed by atoms with Gasteiger partial charge in [-0.1, -0.05) is 29.3 Å².